The fourth-order valence-corrected chi connectivity index (χ4v) is 3.13. The number of methoxy groups -OCH3 is 1. The van der Waals surface area contributed by atoms with Gasteiger partial charge in [0.2, 0.25) is 5.91 Å². The zero-order chi connectivity index (χ0) is 18.8. The Kier molecular flexibility index (Phi) is 4.75. The van der Waals surface area contributed by atoms with Gasteiger partial charge in [-0.1, -0.05) is 38.1 Å². The Hall–Kier alpha value is -3.15. The van der Waals surface area contributed by atoms with Gasteiger partial charge in [0, 0.05) is 0 Å². The molecule has 0 radical (unpaired) electrons. The van der Waals surface area contributed by atoms with Crippen LogP contribution in [0.1, 0.15) is 34.6 Å². The zero-order valence-corrected chi connectivity index (χ0v) is 14.9. The SMILES string of the molecule is COc1ccccc1NC(=O)[C@@H](C(C)C)N1C(=O)c2ccccc2C1=O. The molecule has 134 valence electrons. The minimum absolute atomic E-state index is 0.257. The number of hydrogen-bond acceptors (Lipinski definition) is 4. The Morgan fingerprint density at radius 3 is 2.04 bits per heavy atom. The summed E-state index contributed by atoms with van der Waals surface area (Å²) in [6.45, 7) is 3.60. The zero-order valence-electron chi connectivity index (χ0n) is 14.9. The molecule has 0 unspecified atom stereocenters. The van der Waals surface area contributed by atoms with Crippen LogP contribution in [0, 0.1) is 5.92 Å². The molecule has 0 fully saturated rings. The van der Waals surface area contributed by atoms with Crippen molar-refractivity contribution in [1.82, 2.24) is 4.90 Å². The van der Waals surface area contributed by atoms with Crippen LogP contribution in [0.25, 0.3) is 0 Å². The summed E-state index contributed by atoms with van der Waals surface area (Å²) in [5.41, 5.74) is 1.14. The van der Waals surface area contributed by atoms with Crippen molar-refractivity contribution in [2.75, 3.05) is 12.4 Å². The molecule has 1 heterocycles. The number of amides is 3. The Morgan fingerprint density at radius 1 is 0.962 bits per heavy atom. The van der Waals surface area contributed by atoms with Gasteiger partial charge in [-0.2, -0.15) is 0 Å². The van der Waals surface area contributed by atoms with E-state index in [1.807, 2.05) is 0 Å². The third kappa shape index (κ3) is 2.94. The van der Waals surface area contributed by atoms with E-state index in [-0.39, 0.29) is 5.92 Å². The molecular formula is C20H20N2O4. The lowest BCUT2D eigenvalue weighted by Crippen LogP contribution is -2.50. The van der Waals surface area contributed by atoms with Crippen molar-refractivity contribution in [3.63, 3.8) is 0 Å². The molecule has 6 heteroatoms. The van der Waals surface area contributed by atoms with E-state index in [0.29, 0.717) is 22.6 Å². The standard InChI is InChI=1S/C20H20N2O4/c1-12(2)17(18(23)21-15-10-6-7-11-16(15)26-3)22-19(24)13-8-4-5-9-14(13)20(22)25/h4-12,17H,1-3H3,(H,21,23)/t17-/m1/s1. The summed E-state index contributed by atoms with van der Waals surface area (Å²) < 4.78 is 5.24. The monoisotopic (exact) mass is 352 g/mol. The summed E-state index contributed by atoms with van der Waals surface area (Å²) in [6, 6.07) is 12.7. The number of imide groups is 1. The normalized spacial score (nSPS) is 14.4. The summed E-state index contributed by atoms with van der Waals surface area (Å²) >= 11 is 0. The molecule has 0 saturated carbocycles. The van der Waals surface area contributed by atoms with Crippen LogP contribution in [0.2, 0.25) is 0 Å². The van der Waals surface area contributed by atoms with Gasteiger partial charge in [-0.05, 0) is 30.2 Å². The maximum atomic E-state index is 12.9. The molecular weight excluding hydrogens is 332 g/mol. The molecule has 3 rings (SSSR count). The van der Waals surface area contributed by atoms with Crippen molar-refractivity contribution >= 4 is 23.4 Å². The number of nitrogens with one attached hydrogen (secondary N) is 1. The van der Waals surface area contributed by atoms with Gasteiger partial charge in [0.05, 0.1) is 23.9 Å². The molecule has 1 N–H and O–H groups in total. The van der Waals surface area contributed by atoms with Crippen LogP contribution in [0.5, 0.6) is 5.75 Å². The van der Waals surface area contributed by atoms with E-state index in [1.165, 1.54) is 7.11 Å². The molecule has 0 aromatic heterocycles. The van der Waals surface area contributed by atoms with E-state index in [0.717, 1.165) is 4.90 Å². The maximum Gasteiger partial charge on any atom is 0.262 e. The van der Waals surface area contributed by atoms with Gasteiger partial charge in [0.25, 0.3) is 11.8 Å². The van der Waals surface area contributed by atoms with Gasteiger partial charge in [0.15, 0.2) is 0 Å². The molecule has 3 amide bonds. The Bertz CT molecular complexity index is 841. The van der Waals surface area contributed by atoms with Crippen molar-refractivity contribution in [3.05, 3.63) is 59.7 Å². The largest absolute Gasteiger partial charge is 0.495 e. The second kappa shape index (κ2) is 7.00. The molecule has 0 bridgehead atoms. The van der Waals surface area contributed by atoms with Crippen LogP contribution in [0.3, 0.4) is 0 Å². The first-order chi connectivity index (χ1) is 12.5. The first-order valence-electron chi connectivity index (χ1n) is 8.36. The Labute approximate surface area is 151 Å². The van der Waals surface area contributed by atoms with E-state index in [1.54, 1.807) is 62.4 Å². The molecule has 1 atom stereocenters. The molecule has 2 aromatic carbocycles. The summed E-state index contributed by atoms with van der Waals surface area (Å²) in [4.78, 5) is 39.5. The number of para-hydroxylation sites is 2. The van der Waals surface area contributed by atoms with Crippen LogP contribution < -0.4 is 10.1 Å². The van der Waals surface area contributed by atoms with Gasteiger partial charge in [0.1, 0.15) is 11.8 Å². The van der Waals surface area contributed by atoms with Crippen molar-refractivity contribution < 1.29 is 19.1 Å². The number of nitrogens with zero attached hydrogens (tertiary/aromatic N) is 1. The summed E-state index contributed by atoms with van der Waals surface area (Å²) in [6.07, 6.45) is 0. The highest BCUT2D eigenvalue weighted by molar-refractivity contribution is 6.23. The first kappa shape index (κ1) is 17.7. The van der Waals surface area contributed by atoms with E-state index in [9.17, 15) is 14.4 Å². The molecule has 1 aliphatic heterocycles. The molecule has 26 heavy (non-hydrogen) atoms. The second-order valence-corrected chi connectivity index (χ2v) is 6.40. The molecule has 0 spiro atoms. The number of ether oxygens (including phenoxy) is 1. The third-order valence-electron chi connectivity index (χ3n) is 4.37. The van der Waals surface area contributed by atoms with Crippen molar-refractivity contribution in [2.45, 2.75) is 19.9 Å². The van der Waals surface area contributed by atoms with Crippen LogP contribution in [-0.2, 0) is 4.79 Å². The average molecular weight is 352 g/mol. The number of fused-ring (bicyclic) bond motifs is 1. The fraction of sp³-hybridized carbons (Fsp3) is 0.250. The van der Waals surface area contributed by atoms with Crippen LogP contribution in [-0.4, -0.2) is 35.8 Å². The van der Waals surface area contributed by atoms with Crippen molar-refractivity contribution in [1.29, 1.82) is 0 Å². The van der Waals surface area contributed by atoms with Gasteiger partial charge >= 0.3 is 0 Å². The lowest BCUT2D eigenvalue weighted by Gasteiger charge is -2.28. The fourth-order valence-electron chi connectivity index (χ4n) is 3.13. The molecule has 6 nitrogen and oxygen atoms in total. The lowest BCUT2D eigenvalue weighted by molar-refractivity contribution is -0.121. The van der Waals surface area contributed by atoms with Crippen molar-refractivity contribution in [2.24, 2.45) is 5.92 Å². The molecule has 0 aliphatic carbocycles. The first-order valence-corrected chi connectivity index (χ1v) is 8.36. The van der Waals surface area contributed by atoms with Gasteiger partial charge in [-0.15, -0.1) is 0 Å². The number of carbonyl (C=O) groups is 3. The minimum Gasteiger partial charge on any atom is -0.495 e. The highest BCUT2D eigenvalue weighted by atomic mass is 16.5. The van der Waals surface area contributed by atoms with Crippen molar-refractivity contribution in [3.8, 4) is 5.75 Å². The summed E-state index contributed by atoms with van der Waals surface area (Å²) in [7, 11) is 1.51. The number of hydrogen-bond donors (Lipinski definition) is 1. The molecule has 1 aliphatic rings. The highest BCUT2D eigenvalue weighted by Crippen LogP contribution is 2.29. The number of benzene rings is 2. The van der Waals surface area contributed by atoms with Crippen LogP contribution >= 0.6 is 0 Å². The maximum absolute atomic E-state index is 12.9. The van der Waals surface area contributed by atoms with Gasteiger partial charge in [-0.25, -0.2) is 0 Å². The number of anilines is 1. The van der Waals surface area contributed by atoms with E-state index < -0.39 is 23.8 Å². The van der Waals surface area contributed by atoms with Crippen LogP contribution in [0.4, 0.5) is 5.69 Å². The third-order valence-corrected chi connectivity index (χ3v) is 4.37. The van der Waals surface area contributed by atoms with E-state index in [4.69, 9.17) is 4.74 Å². The van der Waals surface area contributed by atoms with Crippen LogP contribution in [0.15, 0.2) is 48.5 Å². The smallest absolute Gasteiger partial charge is 0.262 e. The molecule has 2 aromatic rings. The number of rotatable bonds is 5. The average Bonchev–Trinajstić information content (AvgIpc) is 2.88. The minimum atomic E-state index is -0.924. The Balaban J connectivity index is 1.92. The summed E-state index contributed by atoms with van der Waals surface area (Å²) in [5.74, 6) is -1.07. The quantitative estimate of drug-likeness (QED) is 0.840. The lowest BCUT2D eigenvalue weighted by atomic mass is 10.0. The predicted octanol–water partition coefficient (Wildman–Crippen LogP) is 2.95. The predicted molar refractivity (Wildman–Crippen MR) is 97.2 cm³/mol. The summed E-state index contributed by atoms with van der Waals surface area (Å²) in [5, 5.41) is 2.78. The Morgan fingerprint density at radius 2 is 1.50 bits per heavy atom. The topological polar surface area (TPSA) is 75.7 Å². The van der Waals surface area contributed by atoms with E-state index >= 15 is 0 Å². The van der Waals surface area contributed by atoms with Gasteiger partial charge < -0.3 is 10.1 Å². The second-order valence-electron chi connectivity index (χ2n) is 6.40. The highest BCUT2D eigenvalue weighted by Gasteiger charge is 2.43. The molecule has 0 saturated heterocycles. The van der Waals surface area contributed by atoms with Gasteiger partial charge in [-0.3, -0.25) is 19.3 Å². The van der Waals surface area contributed by atoms with E-state index in [2.05, 4.69) is 5.32 Å². The number of carbonyl (C=O) groups excluding carboxylic acids is 3.